The zero-order valence-corrected chi connectivity index (χ0v) is 11.8. The molecule has 2 amide bonds. The van der Waals surface area contributed by atoms with E-state index in [-0.39, 0.29) is 18.1 Å². The third-order valence-corrected chi connectivity index (χ3v) is 3.62. The molecule has 0 unspecified atom stereocenters. The van der Waals surface area contributed by atoms with Gasteiger partial charge in [-0.15, -0.1) is 0 Å². The number of carbonyl (C=O) groups excluding carboxylic acids is 1. The van der Waals surface area contributed by atoms with Crippen molar-refractivity contribution in [1.82, 2.24) is 20.0 Å². The smallest absolute Gasteiger partial charge is 0.317 e. The molecule has 1 aromatic rings. The van der Waals surface area contributed by atoms with Crippen LogP contribution in [0.4, 0.5) is 4.79 Å². The highest BCUT2D eigenvalue weighted by Crippen LogP contribution is 2.15. The lowest BCUT2D eigenvalue weighted by Gasteiger charge is -2.32. The van der Waals surface area contributed by atoms with Crippen molar-refractivity contribution in [1.29, 1.82) is 0 Å². The summed E-state index contributed by atoms with van der Waals surface area (Å²) >= 11 is 0. The Hall–Kier alpha value is -1.56. The van der Waals surface area contributed by atoms with Gasteiger partial charge in [-0.2, -0.15) is 5.10 Å². The predicted octanol–water partition coefficient (Wildman–Crippen LogP) is 1.30. The highest BCUT2D eigenvalue weighted by molar-refractivity contribution is 5.74. The van der Waals surface area contributed by atoms with Gasteiger partial charge in [0.2, 0.25) is 0 Å². The fourth-order valence-corrected chi connectivity index (χ4v) is 2.27. The summed E-state index contributed by atoms with van der Waals surface area (Å²) in [4.78, 5) is 14.0. The van der Waals surface area contributed by atoms with Crippen molar-refractivity contribution in [2.45, 2.75) is 31.8 Å². The first-order valence-electron chi connectivity index (χ1n) is 6.67. The number of hydrogen-bond donors (Lipinski definition) is 1. The minimum Gasteiger partial charge on any atom is -0.381 e. The van der Waals surface area contributed by atoms with Gasteiger partial charge in [0.15, 0.2) is 0 Å². The molecule has 1 N–H and O–H groups in total. The van der Waals surface area contributed by atoms with E-state index in [1.54, 1.807) is 15.8 Å². The van der Waals surface area contributed by atoms with Gasteiger partial charge < -0.3 is 15.0 Å². The molecule has 0 spiro atoms. The van der Waals surface area contributed by atoms with Gasteiger partial charge in [0, 0.05) is 45.1 Å². The molecule has 1 atom stereocenters. The molecule has 1 saturated heterocycles. The van der Waals surface area contributed by atoms with E-state index in [0.29, 0.717) is 0 Å². The lowest BCUT2D eigenvalue weighted by atomic mass is 10.1. The zero-order chi connectivity index (χ0) is 13.8. The average molecular weight is 266 g/mol. The van der Waals surface area contributed by atoms with Crippen LogP contribution in [-0.2, 0) is 11.8 Å². The second-order valence-corrected chi connectivity index (χ2v) is 5.07. The van der Waals surface area contributed by atoms with Crippen LogP contribution < -0.4 is 5.32 Å². The minimum atomic E-state index is -0.0387. The summed E-state index contributed by atoms with van der Waals surface area (Å²) in [5, 5.41) is 7.11. The van der Waals surface area contributed by atoms with Gasteiger partial charge in [-0.25, -0.2) is 4.79 Å². The Balaban J connectivity index is 1.89. The van der Waals surface area contributed by atoms with Crippen LogP contribution in [0.25, 0.3) is 0 Å². The quantitative estimate of drug-likeness (QED) is 0.897. The third-order valence-electron chi connectivity index (χ3n) is 3.62. The van der Waals surface area contributed by atoms with Gasteiger partial charge in [-0.3, -0.25) is 4.68 Å². The Bertz CT molecular complexity index is 426. The Kier molecular flexibility index (Phi) is 4.42. The van der Waals surface area contributed by atoms with Crippen molar-refractivity contribution >= 4 is 6.03 Å². The largest absolute Gasteiger partial charge is 0.381 e. The van der Waals surface area contributed by atoms with Crippen LogP contribution in [0.5, 0.6) is 0 Å². The molecule has 1 aliphatic heterocycles. The van der Waals surface area contributed by atoms with E-state index in [2.05, 4.69) is 10.4 Å². The number of nitrogens with zero attached hydrogens (tertiary/aromatic N) is 3. The number of aromatic nitrogens is 2. The van der Waals surface area contributed by atoms with Gasteiger partial charge in [0.05, 0.1) is 12.2 Å². The molecule has 1 aliphatic rings. The van der Waals surface area contributed by atoms with Crippen LogP contribution in [-0.4, -0.2) is 47.0 Å². The number of ether oxygens (including phenoxy) is 1. The molecular formula is C13H22N4O2. The van der Waals surface area contributed by atoms with Crippen LogP contribution in [0.1, 0.15) is 31.4 Å². The summed E-state index contributed by atoms with van der Waals surface area (Å²) in [6.45, 7) is 3.44. The van der Waals surface area contributed by atoms with Crippen molar-refractivity contribution in [3.8, 4) is 0 Å². The topological polar surface area (TPSA) is 59.4 Å². The van der Waals surface area contributed by atoms with Crippen LogP contribution >= 0.6 is 0 Å². The number of rotatable bonds is 3. The van der Waals surface area contributed by atoms with Gasteiger partial charge in [-0.05, 0) is 19.8 Å². The van der Waals surface area contributed by atoms with E-state index >= 15 is 0 Å². The second-order valence-electron chi connectivity index (χ2n) is 5.07. The first kappa shape index (κ1) is 13.9. The molecule has 2 heterocycles. The number of urea groups is 1. The molecule has 2 rings (SSSR count). The van der Waals surface area contributed by atoms with Crippen LogP contribution in [0, 0.1) is 0 Å². The number of hydrogen-bond acceptors (Lipinski definition) is 3. The number of amides is 2. The fourth-order valence-electron chi connectivity index (χ4n) is 2.27. The Labute approximate surface area is 113 Å². The van der Waals surface area contributed by atoms with E-state index in [4.69, 9.17) is 4.74 Å². The van der Waals surface area contributed by atoms with E-state index in [9.17, 15) is 4.79 Å². The molecule has 6 heteroatoms. The molecule has 106 valence electrons. The molecule has 0 radical (unpaired) electrons. The first-order chi connectivity index (χ1) is 9.08. The summed E-state index contributed by atoms with van der Waals surface area (Å²) in [5.74, 6) is 0. The first-order valence-corrected chi connectivity index (χ1v) is 6.67. The Morgan fingerprint density at radius 2 is 2.26 bits per heavy atom. The lowest BCUT2D eigenvalue weighted by Crippen LogP contribution is -2.46. The molecule has 6 nitrogen and oxygen atoms in total. The summed E-state index contributed by atoms with van der Waals surface area (Å²) < 4.78 is 7.05. The maximum atomic E-state index is 12.2. The van der Waals surface area contributed by atoms with Crippen molar-refractivity contribution in [3.63, 3.8) is 0 Å². The van der Waals surface area contributed by atoms with Crippen molar-refractivity contribution in [3.05, 3.63) is 18.0 Å². The molecular weight excluding hydrogens is 244 g/mol. The highest BCUT2D eigenvalue weighted by atomic mass is 16.5. The number of aryl methyl sites for hydroxylation is 1. The van der Waals surface area contributed by atoms with Crippen molar-refractivity contribution < 1.29 is 9.53 Å². The SMILES string of the molecule is C[C@@H](NC(=O)N(C)C1CCOCC1)c1cnn(C)c1. The average Bonchev–Trinajstić information content (AvgIpc) is 2.85. The summed E-state index contributed by atoms with van der Waals surface area (Å²) in [7, 11) is 3.72. The van der Waals surface area contributed by atoms with E-state index in [1.165, 1.54) is 0 Å². The van der Waals surface area contributed by atoms with Crippen LogP contribution in [0.15, 0.2) is 12.4 Å². The maximum Gasteiger partial charge on any atom is 0.317 e. The molecule has 0 bridgehead atoms. The molecule has 19 heavy (non-hydrogen) atoms. The molecule has 1 fully saturated rings. The molecule has 0 aromatic carbocycles. The van der Waals surface area contributed by atoms with Gasteiger partial charge >= 0.3 is 6.03 Å². The normalized spacial score (nSPS) is 18.1. The highest BCUT2D eigenvalue weighted by Gasteiger charge is 2.23. The van der Waals surface area contributed by atoms with Gasteiger partial charge in [0.1, 0.15) is 0 Å². The van der Waals surface area contributed by atoms with Crippen LogP contribution in [0.3, 0.4) is 0 Å². The van der Waals surface area contributed by atoms with E-state index in [1.807, 2.05) is 27.2 Å². The van der Waals surface area contributed by atoms with Crippen molar-refractivity contribution in [2.24, 2.45) is 7.05 Å². The minimum absolute atomic E-state index is 0.0384. The fraction of sp³-hybridized carbons (Fsp3) is 0.692. The number of carbonyl (C=O) groups is 1. The molecule has 1 aromatic heterocycles. The van der Waals surface area contributed by atoms with E-state index < -0.39 is 0 Å². The van der Waals surface area contributed by atoms with E-state index in [0.717, 1.165) is 31.6 Å². The van der Waals surface area contributed by atoms with Gasteiger partial charge in [-0.1, -0.05) is 0 Å². The van der Waals surface area contributed by atoms with Gasteiger partial charge in [0.25, 0.3) is 0 Å². The van der Waals surface area contributed by atoms with Crippen molar-refractivity contribution in [2.75, 3.05) is 20.3 Å². The second kappa shape index (κ2) is 6.06. The maximum absolute atomic E-state index is 12.2. The Morgan fingerprint density at radius 1 is 1.58 bits per heavy atom. The van der Waals surface area contributed by atoms with Crippen LogP contribution in [0.2, 0.25) is 0 Å². The molecule has 0 saturated carbocycles. The summed E-state index contributed by atoms with van der Waals surface area (Å²) in [6.07, 6.45) is 5.51. The summed E-state index contributed by atoms with van der Waals surface area (Å²) in [5.41, 5.74) is 1.01. The zero-order valence-electron chi connectivity index (χ0n) is 11.8. The predicted molar refractivity (Wildman–Crippen MR) is 71.8 cm³/mol. The lowest BCUT2D eigenvalue weighted by molar-refractivity contribution is 0.0522. The molecule has 0 aliphatic carbocycles. The monoisotopic (exact) mass is 266 g/mol. The summed E-state index contributed by atoms with van der Waals surface area (Å²) in [6, 6.07) is 0.196. The third kappa shape index (κ3) is 3.47. The standard InChI is InChI=1S/C13H22N4O2/c1-10(11-8-14-16(2)9-11)15-13(18)17(3)12-4-6-19-7-5-12/h8-10,12H,4-7H2,1-3H3,(H,15,18)/t10-/m1/s1. The Morgan fingerprint density at radius 3 is 2.84 bits per heavy atom. The number of nitrogens with one attached hydrogen (secondary N) is 1.